The highest BCUT2D eigenvalue weighted by atomic mass is 16.5. The second-order valence-corrected chi connectivity index (χ2v) is 5.62. The summed E-state index contributed by atoms with van der Waals surface area (Å²) in [7, 11) is 3.86. The lowest BCUT2D eigenvalue weighted by molar-refractivity contribution is -0.672. The van der Waals surface area contributed by atoms with Gasteiger partial charge in [-0.15, -0.1) is 0 Å². The second kappa shape index (κ2) is 5.80. The number of nitrogens with one attached hydrogen (secondary N) is 1. The molecule has 0 radical (unpaired) electrons. The van der Waals surface area contributed by atoms with Gasteiger partial charge in [-0.3, -0.25) is 5.32 Å². The Labute approximate surface area is 128 Å². The zero-order valence-corrected chi connectivity index (χ0v) is 12.7. The Morgan fingerprint density at radius 3 is 2.91 bits per heavy atom. The summed E-state index contributed by atoms with van der Waals surface area (Å²) >= 11 is 0. The molecule has 0 spiro atoms. The van der Waals surface area contributed by atoms with E-state index in [1.807, 2.05) is 19.0 Å². The molecule has 118 valence electrons. The number of nitrogens with zero attached hydrogens (tertiary/aromatic N) is 4. The van der Waals surface area contributed by atoms with Crippen LogP contribution in [0.2, 0.25) is 0 Å². The van der Waals surface area contributed by atoms with Crippen molar-refractivity contribution in [2.24, 2.45) is 0 Å². The summed E-state index contributed by atoms with van der Waals surface area (Å²) in [6.45, 7) is 1.89. The molecule has 1 aromatic heterocycles. The Bertz CT molecular complexity index is 705. The van der Waals surface area contributed by atoms with Crippen LogP contribution in [0.3, 0.4) is 0 Å². The van der Waals surface area contributed by atoms with Crippen molar-refractivity contribution in [3.8, 4) is 5.75 Å². The molecule has 0 fully saturated rings. The Balaban J connectivity index is 2.00. The molecule has 0 saturated carbocycles. The van der Waals surface area contributed by atoms with E-state index in [0.29, 0.717) is 34.0 Å². The number of hydrogen-bond donors (Lipinski definition) is 1. The molecule has 8 nitrogen and oxygen atoms in total. The van der Waals surface area contributed by atoms with Crippen LogP contribution < -0.4 is 19.6 Å². The first-order valence-electron chi connectivity index (χ1n) is 7.27. The third-order valence-corrected chi connectivity index (χ3v) is 3.65. The van der Waals surface area contributed by atoms with Gasteiger partial charge in [0.1, 0.15) is 5.75 Å². The van der Waals surface area contributed by atoms with Crippen molar-refractivity contribution < 1.29 is 14.3 Å². The van der Waals surface area contributed by atoms with Crippen molar-refractivity contribution in [2.45, 2.75) is 12.8 Å². The monoisotopic (exact) mass is 305 g/mol. The molecule has 22 heavy (non-hydrogen) atoms. The van der Waals surface area contributed by atoms with Crippen LogP contribution in [0.25, 0.3) is 11.0 Å². The van der Waals surface area contributed by atoms with Gasteiger partial charge in [0.2, 0.25) is 5.10 Å². The van der Waals surface area contributed by atoms with Gasteiger partial charge in [0, 0.05) is 11.4 Å². The Hall–Kier alpha value is -2.35. The minimum atomic E-state index is 0.0148. The van der Waals surface area contributed by atoms with Crippen molar-refractivity contribution in [3.63, 3.8) is 0 Å². The van der Waals surface area contributed by atoms with Crippen molar-refractivity contribution in [1.29, 1.82) is 0 Å². The first-order valence-corrected chi connectivity index (χ1v) is 7.27. The van der Waals surface area contributed by atoms with E-state index in [1.54, 1.807) is 12.1 Å². The molecule has 1 N–H and O–H groups in total. The van der Waals surface area contributed by atoms with Gasteiger partial charge in [0.05, 0.1) is 19.2 Å². The highest BCUT2D eigenvalue weighted by Crippen LogP contribution is 2.27. The largest absolute Gasteiger partial charge is 0.739 e. The number of likely N-dealkylation sites (N-methyl/N-ethyl adjacent to an activating group) is 1. The summed E-state index contributed by atoms with van der Waals surface area (Å²) in [6, 6.07) is 3.33. The molecular weight excluding hydrogens is 286 g/mol. The van der Waals surface area contributed by atoms with Gasteiger partial charge in [-0.05, 0) is 38.6 Å². The van der Waals surface area contributed by atoms with Crippen LogP contribution in [0, 0.1) is 10.4 Å². The van der Waals surface area contributed by atoms with Crippen LogP contribution >= 0.6 is 0 Å². The summed E-state index contributed by atoms with van der Waals surface area (Å²) in [5.74, 6) is 0.680. The highest BCUT2D eigenvalue weighted by molar-refractivity contribution is 5.72. The highest BCUT2D eigenvalue weighted by Gasteiger charge is 2.23. The number of benzene rings is 1. The van der Waals surface area contributed by atoms with Crippen LogP contribution in [-0.4, -0.2) is 43.8 Å². The van der Waals surface area contributed by atoms with Gasteiger partial charge in [-0.1, -0.05) is 0 Å². The number of rotatable bonds is 4. The molecular formula is C14H19N5O3. The Morgan fingerprint density at radius 2 is 2.14 bits per heavy atom. The zero-order valence-electron chi connectivity index (χ0n) is 12.7. The summed E-state index contributed by atoms with van der Waals surface area (Å²) in [6.07, 6.45) is 1.75. The van der Waals surface area contributed by atoms with Crippen molar-refractivity contribution in [1.82, 2.24) is 10.00 Å². The smallest absolute Gasteiger partial charge is 0.461 e. The maximum atomic E-state index is 12.4. The van der Waals surface area contributed by atoms with Crippen LogP contribution in [0.5, 0.6) is 5.75 Å². The molecule has 3 rings (SSSR count). The normalized spacial score (nSPS) is 14.0. The fourth-order valence-corrected chi connectivity index (χ4v) is 2.48. The van der Waals surface area contributed by atoms with Gasteiger partial charge in [0.15, 0.2) is 5.52 Å². The van der Waals surface area contributed by atoms with Gasteiger partial charge in [-0.2, -0.15) is 0 Å². The van der Waals surface area contributed by atoms with Crippen LogP contribution in [0.4, 0.5) is 5.95 Å². The van der Waals surface area contributed by atoms with E-state index in [4.69, 9.17) is 4.74 Å². The topological polar surface area (TPSA) is 91.3 Å². The number of ether oxygens (including phenoxy) is 1. The standard InChI is InChI=1S/C14H19N5O3/c1-17(2)6-5-15-14-16-19(21)12-9-13-10(4-3-7-22-13)8-11(12)18(14)20/h8-9H,3-7H2,1-2H3,(H,15,16). The zero-order chi connectivity index (χ0) is 15.7. The third-order valence-electron chi connectivity index (χ3n) is 3.65. The summed E-state index contributed by atoms with van der Waals surface area (Å²) in [5.41, 5.74) is 1.48. The molecule has 0 unspecified atom stereocenters. The number of aryl methyl sites for hydroxylation is 1. The van der Waals surface area contributed by atoms with Crippen LogP contribution in [0.15, 0.2) is 12.1 Å². The van der Waals surface area contributed by atoms with E-state index in [-0.39, 0.29) is 11.5 Å². The van der Waals surface area contributed by atoms with Gasteiger partial charge in [-0.25, -0.2) is 4.73 Å². The molecule has 2 aromatic rings. The molecule has 8 heteroatoms. The molecule has 0 saturated heterocycles. The first kappa shape index (κ1) is 14.6. The molecule has 1 aromatic carbocycles. The lowest BCUT2D eigenvalue weighted by Crippen LogP contribution is -2.45. The van der Waals surface area contributed by atoms with Crippen LogP contribution in [-0.2, 0) is 6.42 Å². The first-order chi connectivity index (χ1) is 10.6. The average Bonchev–Trinajstić information content (AvgIpc) is 2.50. The summed E-state index contributed by atoms with van der Waals surface area (Å²) < 4.78 is 6.21. The van der Waals surface area contributed by atoms with Crippen LogP contribution in [0.1, 0.15) is 12.0 Å². The molecule has 2 heterocycles. The van der Waals surface area contributed by atoms with Gasteiger partial charge >= 0.3 is 11.5 Å². The van der Waals surface area contributed by atoms with Crippen molar-refractivity contribution in [3.05, 3.63) is 28.1 Å². The molecule has 0 atom stereocenters. The lowest BCUT2D eigenvalue weighted by atomic mass is 10.1. The number of fused-ring (bicyclic) bond motifs is 2. The minimum Gasteiger partial charge on any atom is -0.739 e. The third kappa shape index (κ3) is 2.69. The Morgan fingerprint density at radius 1 is 1.32 bits per heavy atom. The molecule has 0 bridgehead atoms. The fraction of sp³-hybridized carbons (Fsp3) is 0.500. The summed E-state index contributed by atoms with van der Waals surface area (Å²) in [4.78, 5) is 2.45. The van der Waals surface area contributed by atoms with E-state index in [0.717, 1.165) is 24.9 Å². The molecule has 0 aliphatic carbocycles. The SMILES string of the molecule is CN(C)CCNc1n[n+]([O-])c2cc3c(cc2[n+]1[O-])CCCO3. The fourth-order valence-electron chi connectivity index (χ4n) is 2.48. The lowest BCUT2D eigenvalue weighted by Gasteiger charge is -2.18. The van der Waals surface area contributed by atoms with Crippen molar-refractivity contribution in [2.75, 3.05) is 39.1 Å². The number of aromatic nitrogens is 3. The van der Waals surface area contributed by atoms with E-state index in [1.165, 1.54) is 0 Å². The molecule has 1 aliphatic rings. The van der Waals surface area contributed by atoms with Gasteiger partial charge < -0.3 is 20.1 Å². The van der Waals surface area contributed by atoms with Crippen molar-refractivity contribution >= 4 is 17.0 Å². The van der Waals surface area contributed by atoms with Gasteiger partial charge in [0.25, 0.3) is 0 Å². The molecule has 1 aliphatic heterocycles. The quantitative estimate of drug-likeness (QED) is 0.621. The molecule has 0 amide bonds. The van der Waals surface area contributed by atoms with E-state index in [9.17, 15) is 10.4 Å². The van der Waals surface area contributed by atoms with E-state index in [2.05, 4.69) is 10.4 Å². The predicted molar refractivity (Wildman–Crippen MR) is 80.5 cm³/mol. The summed E-state index contributed by atoms with van der Waals surface area (Å²) in [5, 5.41) is 31.2. The Kier molecular flexibility index (Phi) is 3.84. The predicted octanol–water partition coefficient (Wildman–Crippen LogP) is -0.200. The number of anilines is 1. The maximum Gasteiger partial charge on any atom is 0.461 e. The van der Waals surface area contributed by atoms with E-state index >= 15 is 0 Å². The second-order valence-electron chi connectivity index (χ2n) is 5.62. The minimum absolute atomic E-state index is 0.0148. The average molecular weight is 305 g/mol. The maximum absolute atomic E-state index is 12.4. The van der Waals surface area contributed by atoms with E-state index < -0.39 is 0 Å². The number of hydrogen-bond acceptors (Lipinski definition) is 6.